The van der Waals surface area contributed by atoms with Crippen LogP contribution in [-0.2, 0) is 0 Å². The van der Waals surface area contributed by atoms with E-state index < -0.39 is 0 Å². The van der Waals surface area contributed by atoms with Crippen LogP contribution in [0.15, 0.2) is 97.6 Å². The molecular formula is C25H23N. The van der Waals surface area contributed by atoms with Gasteiger partial charge in [-0.05, 0) is 39.7 Å². The van der Waals surface area contributed by atoms with E-state index in [0.717, 1.165) is 6.54 Å². The Labute approximate surface area is 155 Å². The van der Waals surface area contributed by atoms with Crippen LogP contribution in [-0.4, -0.2) is 18.5 Å². The smallest absolute Gasteiger partial charge is 0.0614 e. The third kappa shape index (κ3) is 2.91. The lowest BCUT2D eigenvalue weighted by Crippen LogP contribution is -2.26. The van der Waals surface area contributed by atoms with E-state index >= 15 is 0 Å². The van der Waals surface area contributed by atoms with E-state index in [2.05, 4.69) is 103 Å². The molecule has 0 heterocycles. The van der Waals surface area contributed by atoms with Gasteiger partial charge in [-0.2, -0.15) is 0 Å². The monoisotopic (exact) mass is 337 g/mol. The highest BCUT2D eigenvalue weighted by atomic mass is 15.1. The predicted octanol–water partition coefficient (Wildman–Crippen LogP) is 6.20. The van der Waals surface area contributed by atoms with Crippen molar-refractivity contribution < 1.29 is 0 Å². The Morgan fingerprint density at radius 1 is 0.731 bits per heavy atom. The third-order valence-electron chi connectivity index (χ3n) is 5.09. The van der Waals surface area contributed by atoms with Crippen LogP contribution in [0.2, 0.25) is 0 Å². The number of hydrogen-bond donors (Lipinski definition) is 0. The van der Waals surface area contributed by atoms with Crippen molar-refractivity contribution >= 4 is 21.5 Å². The molecule has 4 rings (SSSR count). The third-order valence-corrected chi connectivity index (χ3v) is 5.09. The second kappa shape index (κ2) is 7.15. The van der Waals surface area contributed by atoms with E-state index in [4.69, 9.17) is 0 Å². The Hall–Kier alpha value is -2.90. The van der Waals surface area contributed by atoms with Crippen LogP contribution in [0.1, 0.15) is 17.2 Å². The maximum Gasteiger partial charge on any atom is 0.0614 e. The first-order valence-electron chi connectivity index (χ1n) is 9.06. The van der Waals surface area contributed by atoms with Gasteiger partial charge in [0.15, 0.2) is 0 Å². The van der Waals surface area contributed by atoms with Gasteiger partial charge in [-0.3, -0.25) is 4.90 Å². The van der Waals surface area contributed by atoms with Crippen molar-refractivity contribution in [1.29, 1.82) is 0 Å². The number of hydrogen-bond acceptors (Lipinski definition) is 1. The molecule has 1 heteroatoms. The van der Waals surface area contributed by atoms with Crippen LogP contribution in [0, 0.1) is 0 Å². The van der Waals surface area contributed by atoms with Crippen LogP contribution >= 0.6 is 0 Å². The summed E-state index contributed by atoms with van der Waals surface area (Å²) in [5, 5.41) is 5.18. The van der Waals surface area contributed by atoms with Gasteiger partial charge < -0.3 is 0 Å². The number of nitrogens with zero attached hydrogens (tertiary/aromatic N) is 1. The lowest BCUT2D eigenvalue weighted by molar-refractivity contribution is 0.312. The topological polar surface area (TPSA) is 3.24 Å². The zero-order valence-electron chi connectivity index (χ0n) is 15.1. The maximum absolute atomic E-state index is 3.95. The molecule has 0 aliphatic carbocycles. The summed E-state index contributed by atoms with van der Waals surface area (Å²) in [6.45, 7) is 4.78. The lowest BCUT2D eigenvalue weighted by atomic mass is 9.89. The van der Waals surface area contributed by atoms with Crippen molar-refractivity contribution in [2.24, 2.45) is 0 Å². The first kappa shape index (κ1) is 16.6. The summed E-state index contributed by atoms with van der Waals surface area (Å²) in [7, 11) is 2.18. The van der Waals surface area contributed by atoms with Crippen LogP contribution in [0.5, 0.6) is 0 Å². The largest absolute Gasteiger partial charge is 0.292 e. The first-order chi connectivity index (χ1) is 12.8. The van der Waals surface area contributed by atoms with Gasteiger partial charge >= 0.3 is 0 Å². The average Bonchev–Trinajstić information content (AvgIpc) is 2.69. The minimum atomic E-state index is 0.171. The van der Waals surface area contributed by atoms with Crippen LogP contribution in [0.4, 0.5) is 0 Å². The Kier molecular flexibility index (Phi) is 4.55. The fourth-order valence-electron chi connectivity index (χ4n) is 3.93. The Balaban J connectivity index is 2.00. The van der Waals surface area contributed by atoms with E-state index in [1.165, 1.54) is 32.7 Å². The van der Waals surface area contributed by atoms with Crippen molar-refractivity contribution in [3.05, 3.63) is 109 Å². The Morgan fingerprint density at radius 2 is 1.19 bits per heavy atom. The summed E-state index contributed by atoms with van der Waals surface area (Å²) >= 11 is 0. The molecule has 0 N–H and O–H groups in total. The molecule has 0 saturated heterocycles. The van der Waals surface area contributed by atoms with Crippen molar-refractivity contribution in [3.8, 4) is 0 Å². The summed E-state index contributed by atoms with van der Waals surface area (Å²) in [5.41, 5.74) is 2.67. The lowest BCUT2D eigenvalue weighted by Gasteiger charge is -2.30. The molecule has 0 atom stereocenters. The van der Waals surface area contributed by atoms with Gasteiger partial charge in [0.1, 0.15) is 0 Å². The number of rotatable bonds is 5. The Morgan fingerprint density at radius 3 is 1.69 bits per heavy atom. The van der Waals surface area contributed by atoms with Gasteiger partial charge in [0.25, 0.3) is 0 Å². The molecule has 0 aliphatic heterocycles. The fourth-order valence-corrected chi connectivity index (χ4v) is 3.93. The van der Waals surface area contributed by atoms with Crippen LogP contribution in [0.3, 0.4) is 0 Å². The Bertz CT molecular complexity index is 974. The zero-order chi connectivity index (χ0) is 17.9. The average molecular weight is 337 g/mol. The predicted molar refractivity (Wildman–Crippen MR) is 113 cm³/mol. The van der Waals surface area contributed by atoms with Gasteiger partial charge in [-0.1, -0.05) is 91.0 Å². The summed E-state index contributed by atoms with van der Waals surface area (Å²) < 4.78 is 0. The van der Waals surface area contributed by atoms with Crippen molar-refractivity contribution in [2.75, 3.05) is 13.6 Å². The molecular weight excluding hydrogens is 314 g/mol. The maximum atomic E-state index is 3.95. The van der Waals surface area contributed by atoms with Crippen molar-refractivity contribution in [3.63, 3.8) is 0 Å². The molecule has 4 aromatic rings. The van der Waals surface area contributed by atoms with E-state index in [0.29, 0.717) is 0 Å². The number of fused-ring (bicyclic) bond motifs is 2. The van der Waals surface area contributed by atoms with Gasteiger partial charge in [-0.25, -0.2) is 0 Å². The second-order valence-corrected chi connectivity index (χ2v) is 6.77. The van der Waals surface area contributed by atoms with E-state index in [9.17, 15) is 0 Å². The molecule has 0 bridgehead atoms. The molecule has 4 aromatic carbocycles. The standard InChI is InChI=1S/C25H23N/c1-3-18-26(2)25(23-16-8-12-19-10-4-6-14-21(19)23)24-17-9-13-20-11-5-7-15-22(20)24/h3-17,25H,1,18H2,2H3. The molecule has 0 radical (unpaired) electrons. The van der Waals surface area contributed by atoms with Gasteiger partial charge in [-0.15, -0.1) is 6.58 Å². The quantitative estimate of drug-likeness (QED) is 0.392. The molecule has 0 unspecified atom stereocenters. The molecule has 0 amide bonds. The SMILES string of the molecule is C=CCN(C)C(c1cccc2ccccc12)c1cccc2ccccc12. The molecule has 0 aromatic heterocycles. The number of likely N-dealkylation sites (N-methyl/N-ethyl adjacent to an activating group) is 1. The molecule has 1 nitrogen and oxygen atoms in total. The summed E-state index contributed by atoms with van der Waals surface area (Å²) in [6.07, 6.45) is 1.98. The number of benzene rings is 4. The highest BCUT2D eigenvalue weighted by molar-refractivity contribution is 5.90. The second-order valence-electron chi connectivity index (χ2n) is 6.77. The van der Waals surface area contributed by atoms with E-state index in [-0.39, 0.29) is 6.04 Å². The first-order valence-corrected chi connectivity index (χ1v) is 9.06. The zero-order valence-corrected chi connectivity index (χ0v) is 15.1. The fraction of sp³-hybridized carbons (Fsp3) is 0.120. The van der Waals surface area contributed by atoms with Crippen LogP contribution in [0.25, 0.3) is 21.5 Å². The van der Waals surface area contributed by atoms with E-state index in [1.807, 2.05) is 6.08 Å². The minimum Gasteiger partial charge on any atom is -0.292 e. The molecule has 0 fully saturated rings. The molecule has 0 aliphatic rings. The molecule has 0 spiro atoms. The van der Waals surface area contributed by atoms with Crippen LogP contribution < -0.4 is 0 Å². The molecule has 128 valence electrons. The molecule has 26 heavy (non-hydrogen) atoms. The summed E-state index contributed by atoms with van der Waals surface area (Å²) in [5.74, 6) is 0. The highest BCUT2D eigenvalue weighted by Gasteiger charge is 2.22. The van der Waals surface area contributed by atoms with E-state index in [1.54, 1.807) is 0 Å². The van der Waals surface area contributed by atoms with Gasteiger partial charge in [0, 0.05) is 6.54 Å². The molecule has 0 saturated carbocycles. The summed E-state index contributed by atoms with van der Waals surface area (Å²) in [6, 6.07) is 30.7. The summed E-state index contributed by atoms with van der Waals surface area (Å²) in [4.78, 5) is 2.37. The van der Waals surface area contributed by atoms with Gasteiger partial charge in [0.2, 0.25) is 0 Å². The van der Waals surface area contributed by atoms with Gasteiger partial charge in [0.05, 0.1) is 6.04 Å². The van der Waals surface area contributed by atoms with Crippen molar-refractivity contribution in [2.45, 2.75) is 6.04 Å². The highest BCUT2D eigenvalue weighted by Crippen LogP contribution is 2.36. The van der Waals surface area contributed by atoms with Crippen molar-refractivity contribution in [1.82, 2.24) is 4.90 Å². The normalized spacial score (nSPS) is 11.5. The minimum absolute atomic E-state index is 0.171.